The molecule has 0 radical (unpaired) electrons. The summed E-state index contributed by atoms with van der Waals surface area (Å²) < 4.78 is 6.41. The summed E-state index contributed by atoms with van der Waals surface area (Å²) in [6, 6.07) is 18.2. The Hall–Kier alpha value is -3.41. The SMILES string of the molecule is CCOC(=O)c1ccc(Nc2cc(-c3ccccc3)nn(CC)c2=O)cc1. The van der Waals surface area contributed by atoms with Crippen molar-refractivity contribution in [3.05, 3.63) is 76.6 Å². The van der Waals surface area contributed by atoms with Crippen molar-refractivity contribution in [2.75, 3.05) is 11.9 Å². The summed E-state index contributed by atoms with van der Waals surface area (Å²) in [5.41, 5.74) is 3.03. The lowest BCUT2D eigenvalue weighted by atomic mass is 10.1. The first-order chi connectivity index (χ1) is 13.1. The van der Waals surface area contributed by atoms with Gasteiger partial charge >= 0.3 is 5.97 Å². The van der Waals surface area contributed by atoms with Crippen LogP contribution in [0.1, 0.15) is 24.2 Å². The number of hydrogen-bond acceptors (Lipinski definition) is 5. The van der Waals surface area contributed by atoms with Gasteiger partial charge in [-0.3, -0.25) is 4.79 Å². The Bertz CT molecular complexity index is 980. The van der Waals surface area contributed by atoms with Gasteiger partial charge in [0.1, 0.15) is 5.69 Å². The fourth-order valence-corrected chi connectivity index (χ4v) is 2.66. The standard InChI is InChI=1S/C21H21N3O3/c1-3-24-20(25)19(14-18(23-24)15-8-6-5-7-9-15)22-17-12-10-16(11-13-17)21(26)27-4-2/h5-14,22H,3-4H2,1-2H3. The van der Waals surface area contributed by atoms with Crippen LogP contribution in [0.5, 0.6) is 0 Å². The lowest BCUT2D eigenvalue weighted by molar-refractivity contribution is 0.0526. The third kappa shape index (κ3) is 4.23. The highest BCUT2D eigenvalue weighted by Gasteiger charge is 2.11. The lowest BCUT2D eigenvalue weighted by Gasteiger charge is -2.11. The van der Waals surface area contributed by atoms with Crippen molar-refractivity contribution in [2.45, 2.75) is 20.4 Å². The zero-order chi connectivity index (χ0) is 19.2. The van der Waals surface area contributed by atoms with Crippen LogP contribution < -0.4 is 10.9 Å². The molecule has 1 heterocycles. The first kappa shape index (κ1) is 18.4. The predicted octanol–water partition coefficient (Wildman–Crippen LogP) is 3.85. The van der Waals surface area contributed by atoms with Crippen LogP contribution in [0.25, 0.3) is 11.3 Å². The van der Waals surface area contributed by atoms with E-state index in [9.17, 15) is 9.59 Å². The van der Waals surface area contributed by atoms with Crippen molar-refractivity contribution in [3.63, 3.8) is 0 Å². The van der Waals surface area contributed by atoms with E-state index in [1.165, 1.54) is 4.68 Å². The van der Waals surface area contributed by atoms with Crippen LogP contribution in [0.15, 0.2) is 65.5 Å². The largest absolute Gasteiger partial charge is 0.462 e. The number of carbonyl (C=O) groups excluding carboxylic acids is 1. The minimum Gasteiger partial charge on any atom is -0.462 e. The highest BCUT2D eigenvalue weighted by Crippen LogP contribution is 2.20. The van der Waals surface area contributed by atoms with Gasteiger partial charge < -0.3 is 10.1 Å². The quantitative estimate of drug-likeness (QED) is 0.674. The van der Waals surface area contributed by atoms with Crippen LogP contribution in [-0.4, -0.2) is 22.4 Å². The molecular formula is C21H21N3O3. The van der Waals surface area contributed by atoms with E-state index in [4.69, 9.17) is 4.74 Å². The number of ether oxygens (including phenoxy) is 1. The van der Waals surface area contributed by atoms with Crippen LogP contribution in [0.4, 0.5) is 11.4 Å². The summed E-state index contributed by atoms with van der Waals surface area (Å²) in [4.78, 5) is 24.4. The van der Waals surface area contributed by atoms with E-state index in [0.717, 1.165) is 5.56 Å². The van der Waals surface area contributed by atoms with Gasteiger partial charge in [-0.15, -0.1) is 0 Å². The molecule has 6 heteroatoms. The molecule has 0 fully saturated rings. The van der Waals surface area contributed by atoms with Crippen LogP contribution in [0.3, 0.4) is 0 Å². The van der Waals surface area contributed by atoms with Gasteiger partial charge in [0, 0.05) is 17.8 Å². The van der Waals surface area contributed by atoms with Crippen molar-refractivity contribution in [3.8, 4) is 11.3 Å². The molecule has 0 atom stereocenters. The molecule has 0 saturated heterocycles. The fraction of sp³-hybridized carbons (Fsp3) is 0.190. The number of esters is 1. The molecule has 1 aromatic heterocycles. The summed E-state index contributed by atoms with van der Waals surface area (Å²) in [5, 5.41) is 7.55. The Morgan fingerprint density at radius 2 is 1.78 bits per heavy atom. The van der Waals surface area contributed by atoms with E-state index < -0.39 is 0 Å². The average Bonchev–Trinajstić information content (AvgIpc) is 2.71. The average molecular weight is 363 g/mol. The smallest absolute Gasteiger partial charge is 0.338 e. The zero-order valence-corrected chi connectivity index (χ0v) is 15.3. The minimum absolute atomic E-state index is 0.202. The van der Waals surface area contributed by atoms with E-state index in [-0.39, 0.29) is 11.5 Å². The van der Waals surface area contributed by atoms with Gasteiger partial charge in [-0.2, -0.15) is 5.10 Å². The van der Waals surface area contributed by atoms with E-state index in [2.05, 4.69) is 10.4 Å². The molecule has 0 aliphatic heterocycles. The third-order valence-corrected chi connectivity index (χ3v) is 4.02. The Morgan fingerprint density at radius 3 is 2.41 bits per heavy atom. The summed E-state index contributed by atoms with van der Waals surface area (Å²) in [6.07, 6.45) is 0. The van der Waals surface area contributed by atoms with Crippen molar-refractivity contribution >= 4 is 17.3 Å². The Kier molecular flexibility index (Phi) is 5.66. The molecule has 138 valence electrons. The second-order valence-electron chi connectivity index (χ2n) is 5.85. The molecule has 6 nitrogen and oxygen atoms in total. The molecule has 2 aromatic carbocycles. The molecule has 1 N–H and O–H groups in total. The van der Waals surface area contributed by atoms with Gasteiger partial charge in [0.25, 0.3) is 5.56 Å². The number of aryl methyl sites for hydroxylation is 1. The molecule has 0 spiro atoms. The number of carbonyl (C=O) groups is 1. The molecule has 3 aromatic rings. The van der Waals surface area contributed by atoms with Crippen LogP contribution in [0, 0.1) is 0 Å². The number of hydrogen-bond donors (Lipinski definition) is 1. The molecule has 0 aliphatic rings. The van der Waals surface area contributed by atoms with Crippen molar-refractivity contribution in [1.82, 2.24) is 9.78 Å². The number of nitrogens with zero attached hydrogens (tertiary/aromatic N) is 2. The molecule has 0 bridgehead atoms. The van der Waals surface area contributed by atoms with E-state index in [1.54, 1.807) is 37.3 Å². The maximum atomic E-state index is 12.6. The fourth-order valence-electron chi connectivity index (χ4n) is 2.66. The van der Waals surface area contributed by atoms with Gasteiger partial charge in [0.15, 0.2) is 0 Å². The van der Waals surface area contributed by atoms with Gasteiger partial charge in [-0.25, -0.2) is 9.48 Å². The van der Waals surface area contributed by atoms with Gasteiger partial charge in [0.2, 0.25) is 0 Å². The Balaban J connectivity index is 1.92. The Labute approximate surface area is 157 Å². The normalized spacial score (nSPS) is 10.4. The van der Waals surface area contributed by atoms with Gasteiger partial charge in [-0.05, 0) is 44.2 Å². The number of aromatic nitrogens is 2. The highest BCUT2D eigenvalue weighted by molar-refractivity contribution is 5.89. The third-order valence-electron chi connectivity index (χ3n) is 4.02. The summed E-state index contributed by atoms with van der Waals surface area (Å²) in [7, 11) is 0. The first-order valence-electron chi connectivity index (χ1n) is 8.84. The maximum absolute atomic E-state index is 12.6. The highest BCUT2D eigenvalue weighted by atomic mass is 16.5. The van der Waals surface area contributed by atoms with Crippen molar-refractivity contribution in [2.24, 2.45) is 0 Å². The van der Waals surface area contributed by atoms with Crippen molar-refractivity contribution in [1.29, 1.82) is 0 Å². The molecule has 0 saturated carbocycles. The first-order valence-corrected chi connectivity index (χ1v) is 8.84. The summed E-state index contributed by atoms with van der Waals surface area (Å²) in [5.74, 6) is -0.368. The van der Waals surface area contributed by atoms with Gasteiger partial charge in [0.05, 0.1) is 17.9 Å². The van der Waals surface area contributed by atoms with Crippen LogP contribution >= 0.6 is 0 Å². The lowest BCUT2D eigenvalue weighted by Crippen LogP contribution is -2.24. The monoisotopic (exact) mass is 363 g/mol. The second-order valence-corrected chi connectivity index (χ2v) is 5.85. The molecule has 27 heavy (non-hydrogen) atoms. The maximum Gasteiger partial charge on any atom is 0.338 e. The number of anilines is 2. The molecule has 0 amide bonds. The van der Waals surface area contributed by atoms with Crippen LogP contribution in [0.2, 0.25) is 0 Å². The minimum atomic E-state index is -0.368. The van der Waals surface area contributed by atoms with Gasteiger partial charge in [-0.1, -0.05) is 30.3 Å². The van der Waals surface area contributed by atoms with E-state index in [1.807, 2.05) is 37.3 Å². The molecular weight excluding hydrogens is 342 g/mol. The second kappa shape index (κ2) is 8.31. The Morgan fingerprint density at radius 1 is 1.07 bits per heavy atom. The summed E-state index contributed by atoms with van der Waals surface area (Å²) in [6.45, 7) is 4.44. The topological polar surface area (TPSA) is 73.2 Å². The summed E-state index contributed by atoms with van der Waals surface area (Å²) >= 11 is 0. The predicted molar refractivity (Wildman–Crippen MR) is 105 cm³/mol. The van der Waals surface area contributed by atoms with Crippen LogP contribution in [-0.2, 0) is 11.3 Å². The molecule has 0 unspecified atom stereocenters. The molecule has 3 rings (SSSR count). The molecule has 0 aliphatic carbocycles. The van der Waals surface area contributed by atoms with E-state index >= 15 is 0 Å². The van der Waals surface area contributed by atoms with E-state index in [0.29, 0.717) is 35.8 Å². The zero-order valence-electron chi connectivity index (χ0n) is 15.3. The number of rotatable bonds is 6. The number of benzene rings is 2. The van der Waals surface area contributed by atoms with Crippen molar-refractivity contribution < 1.29 is 9.53 Å². The number of nitrogens with one attached hydrogen (secondary N) is 1.